The van der Waals surface area contributed by atoms with Crippen LogP contribution in [0.15, 0.2) is 11.6 Å². The van der Waals surface area contributed by atoms with E-state index in [1.165, 1.54) is 5.57 Å². The summed E-state index contributed by atoms with van der Waals surface area (Å²) in [5, 5.41) is 32.6. The molecule has 0 radical (unpaired) electrons. The Morgan fingerprint density at radius 3 is 2.29 bits per heavy atom. The summed E-state index contributed by atoms with van der Waals surface area (Å²) < 4.78 is 0. The molecular weight excluding hydrogens is 440 g/mol. The lowest BCUT2D eigenvalue weighted by Gasteiger charge is -2.71. The highest BCUT2D eigenvalue weighted by Crippen LogP contribution is 2.75. The highest BCUT2D eigenvalue weighted by Gasteiger charge is 2.72. The minimum Gasteiger partial charge on any atom is -0.480 e. The molecule has 5 aliphatic carbocycles. The summed E-state index contributed by atoms with van der Waals surface area (Å²) in [7, 11) is 0. The molecule has 0 aromatic heterocycles. The number of allylic oxidation sites excluding steroid dienone is 2. The molecule has 9 atom stereocenters. The molecule has 5 heteroatoms. The Balaban J connectivity index is 1.63. The number of ketones is 1. The van der Waals surface area contributed by atoms with Gasteiger partial charge in [0.05, 0.1) is 6.10 Å². The summed E-state index contributed by atoms with van der Waals surface area (Å²) in [5.74, 6) is -1.33. The fourth-order valence-corrected chi connectivity index (χ4v) is 10.6. The van der Waals surface area contributed by atoms with E-state index in [1.54, 1.807) is 6.92 Å². The Labute approximate surface area is 210 Å². The standard InChI is InChI=1S/C30H46O5/c1-25(2)11-13-30(17-31)14-12-27(4)18(19(30)15-25)7-8-21-26(3)10-9-22(33)29(6,24(34)35)23(26)20(32)16-28(21,27)5/h7,19-21,23,31-32H,8-17H2,1-6H3,(H,34,35)/t19-,20+,21-,23-,26+,27+,28+,29-,30+/m0/s1. The van der Waals surface area contributed by atoms with Gasteiger partial charge in [-0.15, -0.1) is 0 Å². The molecule has 0 bridgehead atoms. The van der Waals surface area contributed by atoms with E-state index in [-0.39, 0.29) is 46.4 Å². The van der Waals surface area contributed by atoms with Crippen LogP contribution < -0.4 is 0 Å². The van der Waals surface area contributed by atoms with Crippen LogP contribution in [0.25, 0.3) is 0 Å². The van der Waals surface area contributed by atoms with Gasteiger partial charge in [-0.05, 0) is 91.8 Å². The predicted octanol–water partition coefficient (Wildman–Crippen LogP) is 5.39. The zero-order chi connectivity index (χ0) is 25.8. The van der Waals surface area contributed by atoms with Gasteiger partial charge in [0.2, 0.25) is 0 Å². The van der Waals surface area contributed by atoms with Crippen molar-refractivity contribution in [2.75, 3.05) is 6.61 Å². The third kappa shape index (κ3) is 3.00. The quantitative estimate of drug-likeness (QED) is 0.360. The molecule has 4 saturated carbocycles. The molecule has 0 aromatic carbocycles. The normalized spacial score (nSPS) is 52.9. The number of aliphatic hydroxyl groups is 2. The van der Waals surface area contributed by atoms with Gasteiger partial charge < -0.3 is 15.3 Å². The van der Waals surface area contributed by atoms with Crippen molar-refractivity contribution in [1.82, 2.24) is 0 Å². The van der Waals surface area contributed by atoms with Crippen LogP contribution >= 0.6 is 0 Å². The Hall–Kier alpha value is -1.20. The lowest BCUT2D eigenvalue weighted by atomic mass is 9.33. The molecule has 0 unspecified atom stereocenters. The Kier molecular flexibility index (Phi) is 5.40. The zero-order valence-electron chi connectivity index (χ0n) is 22.6. The third-order valence-corrected chi connectivity index (χ3v) is 12.9. The molecular formula is C30H46O5. The molecule has 0 saturated heterocycles. The number of carboxylic acids is 1. The fourth-order valence-electron chi connectivity index (χ4n) is 10.6. The molecule has 0 heterocycles. The lowest BCUT2D eigenvalue weighted by molar-refractivity contribution is -0.226. The summed E-state index contributed by atoms with van der Waals surface area (Å²) >= 11 is 0. The van der Waals surface area contributed by atoms with Crippen LogP contribution in [-0.4, -0.2) is 39.8 Å². The smallest absolute Gasteiger partial charge is 0.317 e. The van der Waals surface area contributed by atoms with Gasteiger partial charge in [0, 0.05) is 24.4 Å². The van der Waals surface area contributed by atoms with Crippen LogP contribution in [0, 0.1) is 50.2 Å². The minimum atomic E-state index is -1.54. The van der Waals surface area contributed by atoms with Crippen molar-refractivity contribution < 1.29 is 24.9 Å². The van der Waals surface area contributed by atoms with Crippen molar-refractivity contribution in [3.63, 3.8) is 0 Å². The van der Waals surface area contributed by atoms with Crippen LogP contribution in [0.5, 0.6) is 0 Å². The maximum atomic E-state index is 13.0. The predicted molar refractivity (Wildman–Crippen MR) is 134 cm³/mol. The van der Waals surface area contributed by atoms with E-state index in [0.717, 1.165) is 38.5 Å². The van der Waals surface area contributed by atoms with E-state index in [0.29, 0.717) is 18.8 Å². The highest BCUT2D eigenvalue weighted by molar-refractivity contribution is 6.03. The monoisotopic (exact) mass is 486 g/mol. The minimum absolute atomic E-state index is 0.0388. The van der Waals surface area contributed by atoms with Gasteiger partial charge in [-0.25, -0.2) is 0 Å². The number of carbonyl (C=O) groups excluding carboxylic acids is 1. The number of hydrogen-bond donors (Lipinski definition) is 3. The first-order chi connectivity index (χ1) is 16.1. The Bertz CT molecular complexity index is 983. The highest BCUT2D eigenvalue weighted by atomic mass is 16.4. The van der Waals surface area contributed by atoms with E-state index in [9.17, 15) is 24.9 Å². The first-order valence-corrected chi connectivity index (χ1v) is 13.9. The number of rotatable bonds is 2. The van der Waals surface area contributed by atoms with Crippen LogP contribution in [0.2, 0.25) is 0 Å². The van der Waals surface area contributed by atoms with Gasteiger partial charge in [0.25, 0.3) is 0 Å². The first kappa shape index (κ1) is 25.4. The van der Waals surface area contributed by atoms with Crippen molar-refractivity contribution in [2.45, 2.75) is 105 Å². The molecule has 5 rings (SSSR count). The number of carboxylic acid groups (broad SMARTS) is 1. The van der Waals surface area contributed by atoms with E-state index < -0.39 is 28.8 Å². The average Bonchev–Trinajstić information content (AvgIpc) is 2.76. The summed E-state index contributed by atoms with van der Waals surface area (Å²) in [6.45, 7) is 13.4. The largest absolute Gasteiger partial charge is 0.480 e. The number of aliphatic hydroxyl groups excluding tert-OH is 2. The van der Waals surface area contributed by atoms with Crippen molar-refractivity contribution in [1.29, 1.82) is 0 Å². The molecule has 0 amide bonds. The Morgan fingerprint density at radius 2 is 1.66 bits per heavy atom. The van der Waals surface area contributed by atoms with E-state index in [1.807, 2.05) is 0 Å². The summed E-state index contributed by atoms with van der Waals surface area (Å²) in [6.07, 6.45) is 9.25. The molecule has 0 spiro atoms. The third-order valence-electron chi connectivity index (χ3n) is 12.9. The first-order valence-electron chi connectivity index (χ1n) is 13.9. The van der Waals surface area contributed by atoms with Crippen LogP contribution in [-0.2, 0) is 9.59 Å². The number of carbonyl (C=O) groups is 2. The van der Waals surface area contributed by atoms with E-state index in [2.05, 4.69) is 40.7 Å². The van der Waals surface area contributed by atoms with Gasteiger partial charge in [0.15, 0.2) is 0 Å². The van der Waals surface area contributed by atoms with Crippen molar-refractivity contribution >= 4 is 11.8 Å². The van der Waals surface area contributed by atoms with Crippen molar-refractivity contribution in [3.05, 3.63) is 11.6 Å². The molecule has 0 aliphatic heterocycles. The zero-order valence-corrected chi connectivity index (χ0v) is 22.6. The Morgan fingerprint density at radius 1 is 1.00 bits per heavy atom. The van der Waals surface area contributed by atoms with Gasteiger partial charge in [-0.2, -0.15) is 0 Å². The van der Waals surface area contributed by atoms with Crippen LogP contribution in [0.4, 0.5) is 0 Å². The van der Waals surface area contributed by atoms with Gasteiger partial charge in [-0.3, -0.25) is 9.59 Å². The lowest BCUT2D eigenvalue weighted by Crippen LogP contribution is -2.69. The molecule has 5 aliphatic rings. The molecule has 35 heavy (non-hydrogen) atoms. The second kappa shape index (κ2) is 7.43. The molecule has 0 aromatic rings. The van der Waals surface area contributed by atoms with Crippen molar-refractivity contribution in [2.24, 2.45) is 50.2 Å². The maximum Gasteiger partial charge on any atom is 0.317 e. The summed E-state index contributed by atoms with van der Waals surface area (Å²) in [5.41, 5.74) is -0.556. The van der Waals surface area contributed by atoms with Gasteiger partial charge in [0.1, 0.15) is 11.2 Å². The molecule has 4 fully saturated rings. The topological polar surface area (TPSA) is 94.8 Å². The van der Waals surface area contributed by atoms with E-state index >= 15 is 0 Å². The summed E-state index contributed by atoms with van der Waals surface area (Å²) in [4.78, 5) is 25.5. The van der Waals surface area contributed by atoms with Crippen molar-refractivity contribution in [3.8, 4) is 0 Å². The van der Waals surface area contributed by atoms with Crippen LogP contribution in [0.3, 0.4) is 0 Å². The molecule has 196 valence electrons. The van der Waals surface area contributed by atoms with Gasteiger partial charge >= 0.3 is 5.97 Å². The number of hydrogen-bond acceptors (Lipinski definition) is 4. The molecule has 3 N–H and O–H groups in total. The SMILES string of the molecule is CC1(C)CC[C@]2(CO)CC[C@]3(C)C(=CC[C@H]4[C@@]5(C)CCC(=O)[C@](C)(C(=O)O)[C@H]5[C@H](O)C[C@]43C)[C@@H]2C1. The number of aliphatic carboxylic acids is 1. The fraction of sp³-hybridized carbons (Fsp3) is 0.867. The van der Waals surface area contributed by atoms with Gasteiger partial charge in [-0.1, -0.05) is 46.3 Å². The number of Topliss-reactive ketones (excluding diaryl/α,β-unsaturated/α-hetero) is 1. The maximum absolute atomic E-state index is 13.0. The molecule has 5 nitrogen and oxygen atoms in total. The average molecular weight is 487 g/mol. The van der Waals surface area contributed by atoms with E-state index in [4.69, 9.17) is 0 Å². The number of fused-ring (bicyclic) bond motifs is 7. The van der Waals surface area contributed by atoms with Crippen LogP contribution in [0.1, 0.15) is 99.3 Å². The second-order valence-corrected chi connectivity index (χ2v) is 14.8. The second-order valence-electron chi connectivity index (χ2n) is 14.8. The summed E-state index contributed by atoms with van der Waals surface area (Å²) in [6, 6.07) is 0.